The van der Waals surface area contributed by atoms with E-state index in [0.29, 0.717) is 15.0 Å². The predicted molar refractivity (Wildman–Crippen MR) is 124 cm³/mol. The molecule has 1 aromatic carbocycles. The Kier molecular flexibility index (Phi) is 5.34. The summed E-state index contributed by atoms with van der Waals surface area (Å²) in [5.74, 6) is -1.94. The molecule has 3 aromatic rings. The van der Waals surface area contributed by atoms with Gasteiger partial charge in [0.15, 0.2) is 0 Å². The molecule has 1 aliphatic heterocycles. The first-order valence-corrected chi connectivity index (χ1v) is 12.0. The number of aryl methyl sites for hydroxylation is 1. The van der Waals surface area contributed by atoms with Gasteiger partial charge in [0.1, 0.15) is 11.2 Å². The Bertz CT molecular complexity index is 1410. The van der Waals surface area contributed by atoms with Crippen LogP contribution in [0.4, 0.5) is 0 Å². The molecule has 174 valence electrons. The molecule has 0 atom stereocenters. The minimum Gasteiger partial charge on any atom is -0.477 e. The highest BCUT2D eigenvalue weighted by atomic mass is 32.2. The smallest absolute Gasteiger partial charge is 0.477 e. The van der Waals surface area contributed by atoms with E-state index in [1.165, 1.54) is 23.9 Å². The van der Waals surface area contributed by atoms with Crippen LogP contribution in [0.25, 0.3) is 10.9 Å². The molecule has 0 aliphatic carbocycles. The van der Waals surface area contributed by atoms with Crippen LogP contribution in [0.1, 0.15) is 43.7 Å². The normalized spacial score (nSPS) is 17.5. The van der Waals surface area contributed by atoms with E-state index >= 15 is 0 Å². The first-order valence-electron chi connectivity index (χ1n) is 10.4. The fraction of sp³-hybridized carbons (Fsp3) is 0.364. The molecule has 1 aliphatic rings. The van der Waals surface area contributed by atoms with Gasteiger partial charge in [-0.25, -0.2) is 17.2 Å². The van der Waals surface area contributed by atoms with Crippen LogP contribution in [0.2, 0.25) is 0 Å². The summed E-state index contributed by atoms with van der Waals surface area (Å²) >= 11 is 0. The van der Waals surface area contributed by atoms with Gasteiger partial charge < -0.3 is 19.0 Å². The van der Waals surface area contributed by atoms with Gasteiger partial charge in [0.2, 0.25) is 10.0 Å². The lowest BCUT2D eigenvalue weighted by Gasteiger charge is -2.32. The van der Waals surface area contributed by atoms with E-state index < -0.39 is 51.3 Å². The van der Waals surface area contributed by atoms with E-state index in [9.17, 15) is 23.1 Å². The standard InChI is InChI=1S/C22H25BN2O7S/c1-21(2)22(3,4)32-23(31-21)16-12-24(5)19(26)18-15(16)11-17(20(27)28)25(18)33(29,30)13-14-9-7-6-8-10-14/h6-12H,13H2,1-5H3,(H,27,28). The van der Waals surface area contributed by atoms with Crippen LogP contribution in [0.15, 0.2) is 47.4 Å². The first-order chi connectivity index (χ1) is 15.2. The Morgan fingerprint density at radius 2 is 1.67 bits per heavy atom. The summed E-state index contributed by atoms with van der Waals surface area (Å²) in [5.41, 5.74) is -1.95. The summed E-state index contributed by atoms with van der Waals surface area (Å²) in [6.07, 6.45) is 1.49. The van der Waals surface area contributed by atoms with Crippen LogP contribution in [-0.2, 0) is 32.1 Å². The molecule has 33 heavy (non-hydrogen) atoms. The zero-order valence-electron chi connectivity index (χ0n) is 19.0. The molecular weight excluding hydrogens is 447 g/mol. The maximum atomic E-state index is 13.4. The van der Waals surface area contributed by atoms with Crippen molar-refractivity contribution in [2.45, 2.75) is 44.6 Å². The average molecular weight is 472 g/mol. The number of carbonyl (C=O) groups is 1. The molecule has 0 amide bonds. The zero-order valence-corrected chi connectivity index (χ0v) is 19.8. The van der Waals surface area contributed by atoms with Crippen molar-refractivity contribution >= 4 is 39.5 Å². The number of hydrogen-bond acceptors (Lipinski definition) is 6. The maximum Gasteiger partial charge on any atom is 0.497 e. The van der Waals surface area contributed by atoms with E-state index in [2.05, 4.69) is 0 Å². The van der Waals surface area contributed by atoms with Crippen LogP contribution in [0.3, 0.4) is 0 Å². The van der Waals surface area contributed by atoms with Crippen molar-refractivity contribution in [1.29, 1.82) is 0 Å². The number of rotatable bonds is 5. The number of fused-ring (bicyclic) bond motifs is 1. The molecule has 1 fully saturated rings. The van der Waals surface area contributed by atoms with Crippen LogP contribution in [0, 0.1) is 0 Å². The predicted octanol–water partition coefficient (Wildman–Crippen LogP) is 1.72. The van der Waals surface area contributed by atoms with Crippen molar-refractivity contribution in [3.8, 4) is 0 Å². The van der Waals surface area contributed by atoms with E-state index in [1.807, 2.05) is 27.7 Å². The Labute approximate surface area is 191 Å². The van der Waals surface area contributed by atoms with Crippen molar-refractivity contribution in [1.82, 2.24) is 8.54 Å². The lowest BCUT2D eigenvalue weighted by molar-refractivity contribution is 0.00578. The van der Waals surface area contributed by atoms with E-state index in [1.54, 1.807) is 30.3 Å². The molecule has 11 heteroatoms. The van der Waals surface area contributed by atoms with Crippen LogP contribution in [0.5, 0.6) is 0 Å². The minimum atomic E-state index is -4.26. The van der Waals surface area contributed by atoms with Gasteiger partial charge in [0, 0.05) is 24.1 Å². The van der Waals surface area contributed by atoms with Gasteiger partial charge in [-0.1, -0.05) is 30.3 Å². The highest BCUT2D eigenvalue weighted by Gasteiger charge is 2.52. The van der Waals surface area contributed by atoms with Gasteiger partial charge in [-0.2, -0.15) is 0 Å². The molecule has 9 nitrogen and oxygen atoms in total. The highest BCUT2D eigenvalue weighted by molar-refractivity contribution is 7.89. The number of carboxylic acids is 1. The third-order valence-corrected chi connectivity index (χ3v) is 7.95. The Morgan fingerprint density at radius 1 is 1.09 bits per heavy atom. The van der Waals surface area contributed by atoms with Gasteiger partial charge in [0.05, 0.1) is 17.0 Å². The second kappa shape index (κ2) is 7.58. The van der Waals surface area contributed by atoms with Crippen molar-refractivity contribution in [2.24, 2.45) is 7.05 Å². The molecule has 3 heterocycles. The fourth-order valence-electron chi connectivity index (χ4n) is 3.86. The number of carboxylic acid groups (broad SMARTS) is 1. The van der Waals surface area contributed by atoms with Gasteiger partial charge in [-0.05, 0) is 39.3 Å². The van der Waals surface area contributed by atoms with Crippen molar-refractivity contribution in [3.05, 3.63) is 64.2 Å². The van der Waals surface area contributed by atoms with Crippen LogP contribution < -0.4 is 11.0 Å². The van der Waals surface area contributed by atoms with E-state index in [4.69, 9.17) is 9.31 Å². The summed E-state index contributed by atoms with van der Waals surface area (Å²) in [5, 5.41) is 9.98. The topological polar surface area (TPSA) is 117 Å². The third-order valence-electron chi connectivity index (χ3n) is 6.32. The van der Waals surface area contributed by atoms with Crippen LogP contribution >= 0.6 is 0 Å². The molecule has 0 spiro atoms. The molecule has 0 saturated carbocycles. The third kappa shape index (κ3) is 3.79. The molecule has 2 aromatic heterocycles. The Balaban J connectivity index is 1.99. The molecule has 1 saturated heterocycles. The maximum absolute atomic E-state index is 13.4. The van der Waals surface area contributed by atoms with Gasteiger partial charge in [-0.3, -0.25) is 4.79 Å². The SMILES string of the molecule is Cn1cc(B2OC(C)(C)C(C)(C)O2)c2cc(C(=O)O)n(S(=O)(=O)Cc3ccccc3)c2c1=O. The molecule has 0 unspecified atom stereocenters. The van der Waals surface area contributed by atoms with E-state index in [-0.39, 0.29) is 10.9 Å². The molecule has 0 radical (unpaired) electrons. The lowest BCUT2D eigenvalue weighted by Crippen LogP contribution is -2.41. The summed E-state index contributed by atoms with van der Waals surface area (Å²) in [6.45, 7) is 7.46. The summed E-state index contributed by atoms with van der Waals surface area (Å²) in [7, 11) is -3.70. The first kappa shape index (κ1) is 23.3. The highest BCUT2D eigenvalue weighted by Crippen LogP contribution is 2.37. The summed E-state index contributed by atoms with van der Waals surface area (Å²) in [4.78, 5) is 25.2. The van der Waals surface area contributed by atoms with Gasteiger partial charge >= 0.3 is 13.1 Å². The molecule has 0 bridgehead atoms. The van der Waals surface area contributed by atoms with Crippen LogP contribution in [-0.4, -0.2) is 46.4 Å². The fourth-order valence-corrected chi connectivity index (χ4v) is 5.49. The second-order valence-electron chi connectivity index (χ2n) is 9.19. The number of nitrogens with zero attached hydrogens (tertiary/aromatic N) is 2. The monoisotopic (exact) mass is 472 g/mol. The van der Waals surface area contributed by atoms with Crippen molar-refractivity contribution in [2.75, 3.05) is 0 Å². The Morgan fingerprint density at radius 3 is 2.21 bits per heavy atom. The molecule has 1 N–H and O–H groups in total. The lowest BCUT2D eigenvalue weighted by atomic mass is 9.78. The average Bonchev–Trinajstić information content (AvgIpc) is 3.21. The quantitative estimate of drug-likeness (QED) is 0.562. The van der Waals surface area contributed by atoms with Crippen molar-refractivity contribution in [3.63, 3.8) is 0 Å². The number of benzene rings is 1. The summed E-state index contributed by atoms with van der Waals surface area (Å²) in [6, 6.07) is 9.56. The second-order valence-corrected chi connectivity index (χ2v) is 11.0. The van der Waals surface area contributed by atoms with Gasteiger partial charge in [-0.15, -0.1) is 0 Å². The number of aromatic carboxylic acids is 1. The Hall–Kier alpha value is -2.89. The summed E-state index contributed by atoms with van der Waals surface area (Å²) < 4.78 is 40.8. The zero-order chi connectivity index (χ0) is 24.3. The molecular formula is C22H25BN2O7S. The van der Waals surface area contributed by atoms with Crippen molar-refractivity contribution < 1.29 is 27.6 Å². The number of hydrogen-bond donors (Lipinski definition) is 1. The van der Waals surface area contributed by atoms with E-state index in [0.717, 1.165) is 0 Å². The number of aromatic nitrogens is 2. The molecule has 4 rings (SSSR count). The van der Waals surface area contributed by atoms with Gasteiger partial charge in [0.25, 0.3) is 5.56 Å². The minimum absolute atomic E-state index is 0.158. The number of pyridine rings is 1. The largest absolute Gasteiger partial charge is 0.497 e.